The first kappa shape index (κ1) is 49.3. The van der Waals surface area contributed by atoms with Crippen LogP contribution in [0.15, 0.2) is 67.4 Å². The topological polar surface area (TPSA) is 155 Å². The van der Waals surface area contributed by atoms with E-state index in [4.69, 9.17) is 14.5 Å². The summed E-state index contributed by atoms with van der Waals surface area (Å²) in [5.74, 6) is -1.65. The third kappa shape index (κ3) is 10.1. The maximum absolute atomic E-state index is 14.9. The Morgan fingerprint density at radius 2 is 1.85 bits per heavy atom. The molecule has 0 saturated carbocycles. The molecule has 5 heterocycles. The summed E-state index contributed by atoms with van der Waals surface area (Å²) in [5.41, 5.74) is 10.4. The van der Waals surface area contributed by atoms with Crippen molar-refractivity contribution in [3.63, 3.8) is 0 Å². The Morgan fingerprint density at radius 1 is 1.09 bits per heavy atom. The number of aromatic nitrogens is 2. The Kier molecular flexibility index (Phi) is 14.6. The average molecular weight is 931 g/mol. The van der Waals surface area contributed by atoms with Gasteiger partial charge in [-0.25, -0.2) is 5.43 Å². The molecule has 3 aliphatic heterocycles. The maximum Gasteiger partial charge on any atom is 0.324 e. The average Bonchev–Trinajstić information content (AvgIpc) is 3.86. The zero-order valence-corrected chi connectivity index (χ0v) is 42.0. The minimum absolute atomic E-state index is 0.140. The number of ether oxygens (including phenoxy) is 2. The molecule has 15 heteroatoms. The van der Waals surface area contributed by atoms with E-state index in [1.807, 2.05) is 40.7 Å². The van der Waals surface area contributed by atoms with Crippen molar-refractivity contribution in [3.05, 3.63) is 89.8 Å². The highest BCUT2D eigenvalue weighted by Gasteiger charge is 2.46. The summed E-state index contributed by atoms with van der Waals surface area (Å²) in [6.45, 7) is 21.4. The van der Waals surface area contributed by atoms with Gasteiger partial charge in [-0.2, -0.15) is 0 Å². The number of likely N-dealkylation sites (N-methyl/N-ethyl adjacent to an activating group) is 1. The third-order valence-corrected chi connectivity index (χ3v) is 15.9. The summed E-state index contributed by atoms with van der Waals surface area (Å²) in [6.07, 6.45) is 4.88. The molecule has 2 N–H and O–H groups in total. The molecular formula is C52H68N7O7Si. The molecule has 3 aliphatic rings. The van der Waals surface area contributed by atoms with Crippen LogP contribution in [0.2, 0.25) is 0 Å². The predicted octanol–water partition coefficient (Wildman–Crippen LogP) is 7.30. The number of benzene rings is 2. The highest BCUT2D eigenvalue weighted by atomic mass is 28.3. The smallest absolute Gasteiger partial charge is 0.324 e. The Labute approximate surface area is 397 Å². The van der Waals surface area contributed by atoms with Crippen LogP contribution in [0.4, 0.5) is 4.79 Å². The molecule has 0 unspecified atom stereocenters. The van der Waals surface area contributed by atoms with E-state index in [9.17, 15) is 24.0 Å². The van der Waals surface area contributed by atoms with Crippen molar-refractivity contribution in [1.82, 2.24) is 34.8 Å². The minimum Gasteiger partial charge on any atom is -0.464 e. The molecule has 14 nitrogen and oxygen atoms in total. The zero-order chi connectivity index (χ0) is 48.5. The van der Waals surface area contributed by atoms with Gasteiger partial charge in [0.15, 0.2) is 0 Å². The van der Waals surface area contributed by atoms with Crippen LogP contribution in [0.5, 0.6) is 0 Å². The van der Waals surface area contributed by atoms with Gasteiger partial charge in [0.25, 0.3) is 8.96 Å². The van der Waals surface area contributed by atoms with Crippen molar-refractivity contribution in [2.75, 3.05) is 40.4 Å². The molecule has 67 heavy (non-hydrogen) atoms. The van der Waals surface area contributed by atoms with Gasteiger partial charge in [-0.15, -0.1) is 0 Å². The highest BCUT2D eigenvalue weighted by Crippen LogP contribution is 2.42. The number of fused-ring (bicyclic) bond motifs is 6. The van der Waals surface area contributed by atoms with Gasteiger partial charge in [-0.3, -0.25) is 34.0 Å². The summed E-state index contributed by atoms with van der Waals surface area (Å²) in [7, 11) is 0.836. The molecule has 7 rings (SSSR count). The van der Waals surface area contributed by atoms with Gasteiger partial charge < -0.3 is 28.8 Å². The van der Waals surface area contributed by atoms with E-state index in [2.05, 4.69) is 84.8 Å². The normalized spacial score (nSPS) is 21.1. The number of nitrogens with one attached hydrogen (secondary N) is 2. The summed E-state index contributed by atoms with van der Waals surface area (Å²) >= 11 is 0. The molecule has 0 spiro atoms. The number of hydrazine groups is 1. The lowest BCUT2D eigenvalue weighted by atomic mass is 9.84. The number of pyridine rings is 1. The van der Waals surface area contributed by atoms with Crippen LogP contribution in [0.25, 0.3) is 33.3 Å². The minimum atomic E-state index is -2.49. The number of cyclic esters (lactones) is 1. The van der Waals surface area contributed by atoms with Crippen molar-refractivity contribution < 1.29 is 33.4 Å². The second-order valence-electron chi connectivity index (χ2n) is 20.1. The first-order chi connectivity index (χ1) is 31.8. The fourth-order valence-corrected chi connectivity index (χ4v) is 12.2. The standard InChI is InChI=1S/C52H68N7O7Si/c1-12-43(60)57-23-20-52(9,30-57)49(63)56(10)45(32(3)4)47(61)55-67-29-35-24-33(5)25-37(26-35)36-18-19-42-39(27-36)40(46(58(42)13-2)38-16-14-21-53-44(38)34(6)65-11)28-51(7,8)31-66-48(62)41-17-15-22-59(54-41)50(67)64/h12,14,16,18-19,21,24-27,32,34,41,45,54H,1,13,15,17,20,22-23,28-31H2,2-11H3,(H,55,61)/t34-,41-,45-,52+/m0/s1. The Hall–Kier alpha value is -5.64. The molecule has 0 aliphatic carbocycles. The van der Waals surface area contributed by atoms with Crippen molar-refractivity contribution in [2.45, 2.75) is 112 Å². The molecule has 2 aromatic carbocycles. The molecule has 2 saturated heterocycles. The first-order valence-corrected chi connectivity index (χ1v) is 25.3. The van der Waals surface area contributed by atoms with E-state index in [1.54, 1.807) is 25.3 Å². The molecule has 4 aromatic rings. The number of carbonyl (C=O) groups is 5. The fourth-order valence-electron chi connectivity index (χ4n) is 10.3. The molecule has 6 bridgehead atoms. The van der Waals surface area contributed by atoms with Crippen LogP contribution in [0, 0.1) is 23.7 Å². The van der Waals surface area contributed by atoms with Crippen molar-refractivity contribution in [3.8, 4) is 22.4 Å². The lowest BCUT2D eigenvalue weighted by Crippen LogP contribution is -2.64. The lowest BCUT2D eigenvalue weighted by Gasteiger charge is -2.37. The predicted molar refractivity (Wildman–Crippen MR) is 262 cm³/mol. The van der Waals surface area contributed by atoms with Gasteiger partial charge in [-0.05, 0) is 118 Å². The largest absolute Gasteiger partial charge is 0.464 e. The highest BCUT2D eigenvalue weighted by molar-refractivity contribution is 6.88. The van der Waals surface area contributed by atoms with Crippen molar-refractivity contribution >= 4 is 49.1 Å². The number of hydrogen-bond acceptors (Lipinski definition) is 9. The summed E-state index contributed by atoms with van der Waals surface area (Å²) in [6, 6.07) is 15.5. The van der Waals surface area contributed by atoms with Crippen LogP contribution in [0.1, 0.15) is 96.2 Å². The van der Waals surface area contributed by atoms with Gasteiger partial charge >= 0.3 is 5.97 Å². The molecule has 4 amide bonds. The number of likely N-dealkylation sites (tertiary alicyclic amines) is 1. The van der Waals surface area contributed by atoms with Crippen LogP contribution >= 0.6 is 0 Å². The van der Waals surface area contributed by atoms with Crippen LogP contribution in [-0.4, -0.2) is 115 Å². The number of aryl methyl sites for hydroxylation is 2. The molecule has 4 atom stereocenters. The summed E-state index contributed by atoms with van der Waals surface area (Å²) in [4.78, 5) is 81.4. The van der Waals surface area contributed by atoms with E-state index in [-0.39, 0.29) is 48.6 Å². The summed E-state index contributed by atoms with van der Waals surface area (Å²) < 4.78 is 14.3. The van der Waals surface area contributed by atoms with Crippen molar-refractivity contribution in [1.29, 1.82) is 0 Å². The molecule has 2 aromatic heterocycles. The third-order valence-electron chi connectivity index (χ3n) is 13.8. The van der Waals surface area contributed by atoms with Gasteiger partial charge in [0.1, 0.15) is 12.1 Å². The SMILES string of the molecule is C=CC(=O)N1CC[C@@](C)(C(=O)N(C)[C@H](C(=O)N[Si]2Cc3cc(C)cc(c3)-c3ccc4c(c3)c(c(-c3cccnc3[C@H](C)OC)n4CC)CC(C)(C)COC(=O)[C@@H]3CCCN(N3)C2=O)C(C)C)C1. The van der Waals surface area contributed by atoms with Gasteiger partial charge in [-0.1, -0.05) is 64.1 Å². The molecule has 357 valence electrons. The van der Waals surface area contributed by atoms with E-state index >= 15 is 0 Å². The van der Waals surface area contributed by atoms with Crippen LogP contribution in [-0.2, 0) is 47.7 Å². The van der Waals surface area contributed by atoms with E-state index < -0.39 is 43.7 Å². The Balaban J connectivity index is 1.31. The van der Waals surface area contributed by atoms with E-state index in [1.165, 1.54) is 16.0 Å². The van der Waals surface area contributed by atoms with Crippen LogP contribution in [0.3, 0.4) is 0 Å². The van der Waals surface area contributed by atoms with E-state index in [0.29, 0.717) is 45.3 Å². The second-order valence-corrected chi connectivity index (χ2v) is 22.1. The quantitative estimate of drug-likeness (QED) is 0.0948. The van der Waals surface area contributed by atoms with Gasteiger partial charge in [0, 0.05) is 68.4 Å². The number of methoxy groups -OCH3 is 1. The van der Waals surface area contributed by atoms with E-state index in [0.717, 1.165) is 55.7 Å². The number of nitrogens with zero attached hydrogens (tertiary/aromatic N) is 5. The second kappa shape index (κ2) is 19.9. The first-order valence-electron chi connectivity index (χ1n) is 23.6. The molecule has 1 radical (unpaired) electrons. The maximum atomic E-state index is 14.9. The summed E-state index contributed by atoms with van der Waals surface area (Å²) in [5, 5.41) is 2.57. The zero-order valence-electron chi connectivity index (χ0n) is 41.0. The van der Waals surface area contributed by atoms with Crippen LogP contribution < -0.4 is 10.4 Å². The van der Waals surface area contributed by atoms with Gasteiger partial charge in [0.2, 0.25) is 23.3 Å². The number of hydrogen-bond donors (Lipinski definition) is 2. The number of esters is 1. The lowest BCUT2D eigenvalue weighted by molar-refractivity contribution is -0.151. The number of carbonyl (C=O) groups excluding carboxylic acids is 5. The number of rotatable bonds is 10. The fraction of sp³-hybridized carbons (Fsp3) is 0.500. The Morgan fingerprint density at radius 3 is 2.55 bits per heavy atom. The Bertz CT molecular complexity index is 2570. The molecular weight excluding hydrogens is 863 g/mol. The molecule has 2 fully saturated rings. The van der Waals surface area contributed by atoms with Gasteiger partial charge in [0.05, 0.1) is 29.5 Å². The number of amides is 4. The van der Waals surface area contributed by atoms with Crippen molar-refractivity contribution in [2.24, 2.45) is 16.7 Å². The monoisotopic (exact) mass is 930 g/mol.